The Morgan fingerprint density at radius 1 is 1.42 bits per heavy atom. The van der Waals surface area contributed by atoms with Gasteiger partial charge in [0.15, 0.2) is 0 Å². The zero-order chi connectivity index (χ0) is 17.7. The Morgan fingerprint density at radius 2 is 2.17 bits per heavy atom. The quantitative estimate of drug-likeness (QED) is 0.771. The Labute approximate surface area is 146 Å². The van der Waals surface area contributed by atoms with Crippen LogP contribution in [-0.2, 0) is 19.6 Å². The third-order valence-electron chi connectivity index (χ3n) is 3.72. The molecule has 2 N–H and O–H groups in total. The van der Waals surface area contributed by atoms with E-state index in [1.165, 1.54) is 15.6 Å². The van der Waals surface area contributed by atoms with Gasteiger partial charge in [-0.2, -0.15) is 4.31 Å². The highest BCUT2D eigenvalue weighted by molar-refractivity contribution is 7.91. The second-order valence-corrected chi connectivity index (χ2v) is 9.19. The summed E-state index contributed by atoms with van der Waals surface area (Å²) in [5.74, 6) is -0.961. The fourth-order valence-electron chi connectivity index (χ4n) is 2.60. The topological polar surface area (TPSA) is 95.6 Å². The van der Waals surface area contributed by atoms with Crippen molar-refractivity contribution in [1.82, 2.24) is 14.9 Å². The average Bonchev–Trinajstić information content (AvgIpc) is 3.07. The standard InChI is InChI=1S/C15H23N3O4S2/c1-11(2)17-13(19)9-16-15(20)12-5-3-7-18(10-12)24(21,22)14-6-4-8-23-14/h4,6,8,11-12H,3,5,7,9-10H2,1-2H3,(H,16,20)(H,17,19)/t12-/m0/s1. The van der Waals surface area contributed by atoms with E-state index in [1.54, 1.807) is 17.5 Å². The molecule has 134 valence electrons. The van der Waals surface area contributed by atoms with Gasteiger partial charge in [-0.05, 0) is 38.1 Å². The molecule has 24 heavy (non-hydrogen) atoms. The van der Waals surface area contributed by atoms with E-state index in [0.29, 0.717) is 23.6 Å². The van der Waals surface area contributed by atoms with Crippen LogP contribution in [0, 0.1) is 5.92 Å². The normalized spacial score (nSPS) is 19.2. The molecule has 2 amide bonds. The molecule has 0 spiro atoms. The second kappa shape index (κ2) is 8.09. The molecule has 0 saturated carbocycles. The first kappa shape index (κ1) is 18.9. The molecule has 1 aliphatic rings. The fraction of sp³-hybridized carbons (Fsp3) is 0.600. The van der Waals surface area contributed by atoms with Crippen LogP contribution in [0.5, 0.6) is 0 Å². The Balaban J connectivity index is 1.93. The third-order valence-corrected chi connectivity index (χ3v) is 6.96. The van der Waals surface area contributed by atoms with E-state index in [9.17, 15) is 18.0 Å². The molecule has 0 radical (unpaired) electrons. The van der Waals surface area contributed by atoms with Crippen molar-refractivity contribution in [2.75, 3.05) is 19.6 Å². The second-order valence-electron chi connectivity index (χ2n) is 6.07. The van der Waals surface area contributed by atoms with Gasteiger partial charge >= 0.3 is 0 Å². The van der Waals surface area contributed by atoms with Gasteiger partial charge in [0.2, 0.25) is 11.8 Å². The van der Waals surface area contributed by atoms with Crippen LogP contribution >= 0.6 is 11.3 Å². The molecule has 0 aromatic carbocycles. The number of nitrogens with one attached hydrogen (secondary N) is 2. The summed E-state index contributed by atoms with van der Waals surface area (Å²) in [7, 11) is -3.54. The Morgan fingerprint density at radius 3 is 2.79 bits per heavy atom. The first-order chi connectivity index (χ1) is 11.3. The predicted octanol–water partition coefficient (Wildman–Crippen LogP) is 0.790. The van der Waals surface area contributed by atoms with Gasteiger partial charge in [0.25, 0.3) is 10.0 Å². The zero-order valence-electron chi connectivity index (χ0n) is 13.8. The molecule has 2 heterocycles. The van der Waals surface area contributed by atoms with E-state index < -0.39 is 15.9 Å². The molecule has 1 fully saturated rings. The molecule has 7 nitrogen and oxygen atoms in total. The lowest BCUT2D eigenvalue weighted by atomic mass is 9.99. The van der Waals surface area contributed by atoms with Crippen molar-refractivity contribution in [3.63, 3.8) is 0 Å². The van der Waals surface area contributed by atoms with Crippen molar-refractivity contribution in [2.45, 2.75) is 36.9 Å². The van der Waals surface area contributed by atoms with E-state index in [2.05, 4.69) is 10.6 Å². The van der Waals surface area contributed by atoms with Crippen LogP contribution in [0.2, 0.25) is 0 Å². The largest absolute Gasteiger partial charge is 0.352 e. The van der Waals surface area contributed by atoms with Crippen molar-refractivity contribution in [1.29, 1.82) is 0 Å². The van der Waals surface area contributed by atoms with Gasteiger partial charge < -0.3 is 10.6 Å². The number of nitrogens with zero attached hydrogens (tertiary/aromatic N) is 1. The number of carbonyl (C=O) groups is 2. The van der Waals surface area contributed by atoms with Crippen molar-refractivity contribution < 1.29 is 18.0 Å². The van der Waals surface area contributed by atoms with Crippen LogP contribution < -0.4 is 10.6 Å². The van der Waals surface area contributed by atoms with Gasteiger partial charge in [0.1, 0.15) is 4.21 Å². The fourth-order valence-corrected chi connectivity index (χ4v) is 5.27. The third kappa shape index (κ3) is 4.78. The molecule has 1 aliphatic heterocycles. The van der Waals surface area contributed by atoms with E-state index in [1.807, 2.05) is 13.8 Å². The number of piperidine rings is 1. The lowest BCUT2D eigenvalue weighted by Gasteiger charge is -2.30. The van der Waals surface area contributed by atoms with Crippen molar-refractivity contribution in [3.05, 3.63) is 17.5 Å². The minimum Gasteiger partial charge on any atom is -0.352 e. The number of amides is 2. The zero-order valence-corrected chi connectivity index (χ0v) is 15.5. The number of thiophene rings is 1. The monoisotopic (exact) mass is 373 g/mol. The molecule has 2 rings (SSSR count). The Bertz CT molecular complexity index is 671. The predicted molar refractivity (Wildman–Crippen MR) is 92.1 cm³/mol. The summed E-state index contributed by atoms with van der Waals surface area (Å²) in [5, 5.41) is 7.01. The maximum Gasteiger partial charge on any atom is 0.252 e. The van der Waals surface area contributed by atoms with Crippen LogP contribution in [0.1, 0.15) is 26.7 Å². The molecule has 0 bridgehead atoms. The summed E-state index contributed by atoms with van der Waals surface area (Å²) in [5.41, 5.74) is 0. The van der Waals surface area contributed by atoms with Crippen molar-refractivity contribution in [2.24, 2.45) is 5.92 Å². The summed E-state index contributed by atoms with van der Waals surface area (Å²) in [6.07, 6.45) is 1.25. The maximum absolute atomic E-state index is 12.5. The van der Waals surface area contributed by atoms with Crippen LogP contribution in [-0.4, -0.2) is 50.2 Å². The average molecular weight is 374 g/mol. The number of hydrogen-bond acceptors (Lipinski definition) is 5. The number of carbonyl (C=O) groups excluding carboxylic acids is 2. The minimum absolute atomic E-state index is 0.00973. The summed E-state index contributed by atoms with van der Waals surface area (Å²) >= 11 is 1.17. The molecule has 1 saturated heterocycles. The molecule has 0 unspecified atom stereocenters. The number of rotatable bonds is 6. The van der Waals surface area contributed by atoms with Gasteiger partial charge in [0.05, 0.1) is 12.5 Å². The number of sulfonamides is 1. The molecule has 0 aliphatic carbocycles. The first-order valence-electron chi connectivity index (χ1n) is 7.91. The smallest absolute Gasteiger partial charge is 0.252 e. The van der Waals surface area contributed by atoms with Crippen molar-refractivity contribution >= 4 is 33.2 Å². The van der Waals surface area contributed by atoms with Gasteiger partial charge in [-0.1, -0.05) is 6.07 Å². The Kier molecular flexibility index (Phi) is 6.36. The molecular weight excluding hydrogens is 350 g/mol. The first-order valence-corrected chi connectivity index (χ1v) is 10.2. The Hall–Kier alpha value is -1.45. The van der Waals surface area contributed by atoms with Crippen molar-refractivity contribution in [3.8, 4) is 0 Å². The lowest BCUT2D eigenvalue weighted by molar-refractivity contribution is -0.129. The van der Waals surface area contributed by atoms with E-state index in [0.717, 1.165) is 0 Å². The molecule has 1 aromatic rings. The highest BCUT2D eigenvalue weighted by atomic mass is 32.2. The maximum atomic E-state index is 12.5. The van der Waals surface area contributed by atoms with Crippen LogP contribution in [0.15, 0.2) is 21.7 Å². The summed E-state index contributed by atoms with van der Waals surface area (Å²) < 4.78 is 26.7. The van der Waals surface area contributed by atoms with Gasteiger partial charge in [0, 0.05) is 19.1 Å². The van der Waals surface area contributed by atoms with Crippen LogP contribution in [0.4, 0.5) is 0 Å². The summed E-state index contributed by atoms with van der Waals surface area (Å²) in [6.45, 7) is 4.16. The SMILES string of the molecule is CC(C)NC(=O)CNC(=O)[C@H]1CCCN(S(=O)(=O)c2cccs2)C1. The summed E-state index contributed by atoms with van der Waals surface area (Å²) in [4.78, 5) is 23.8. The van der Waals surface area contributed by atoms with Crippen LogP contribution in [0.3, 0.4) is 0 Å². The minimum atomic E-state index is -3.54. The van der Waals surface area contributed by atoms with Gasteiger partial charge in [-0.25, -0.2) is 8.42 Å². The molecular formula is C15H23N3O4S2. The number of hydrogen-bond donors (Lipinski definition) is 2. The summed E-state index contributed by atoms with van der Waals surface area (Å²) in [6, 6.07) is 3.27. The lowest BCUT2D eigenvalue weighted by Crippen LogP contribution is -2.47. The van der Waals surface area contributed by atoms with Crippen LogP contribution in [0.25, 0.3) is 0 Å². The highest BCUT2D eigenvalue weighted by Gasteiger charge is 2.33. The van der Waals surface area contributed by atoms with E-state index in [4.69, 9.17) is 0 Å². The molecule has 1 aromatic heterocycles. The van der Waals surface area contributed by atoms with Gasteiger partial charge in [-0.3, -0.25) is 9.59 Å². The van der Waals surface area contributed by atoms with Gasteiger partial charge in [-0.15, -0.1) is 11.3 Å². The molecule has 1 atom stereocenters. The molecule has 9 heteroatoms. The van der Waals surface area contributed by atoms with E-state index in [-0.39, 0.29) is 30.9 Å². The highest BCUT2D eigenvalue weighted by Crippen LogP contribution is 2.26. The van der Waals surface area contributed by atoms with E-state index >= 15 is 0 Å².